The van der Waals surface area contributed by atoms with E-state index in [1.54, 1.807) is 0 Å². The quantitative estimate of drug-likeness (QED) is 0.156. The van der Waals surface area contributed by atoms with Crippen LogP contribution in [0.25, 0.3) is 0 Å². The lowest BCUT2D eigenvalue weighted by atomic mass is 9.72. The molecule has 2 aromatic carbocycles. The van der Waals surface area contributed by atoms with Crippen molar-refractivity contribution >= 4 is 30.4 Å². The van der Waals surface area contributed by atoms with E-state index in [-0.39, 0.29) is 23.2 Å². The Morgan fingerprint density at radius 2 is 1.55 bits per heavy atom. The second-order valence-electron chi connectivity index (χ2n) is 12.2. The van der Waals surface area contributed by atoms with Crippen molar-refractivity contribution < 1.29 is 19.1 Å². The normalized spacial score (nSPS) is 18.3. The van der Waals surface area contributed by atoms with Gasteiger partial charge < -0.3 is 9.53 Å². The molecule has 0 unspecified atom stereocenters. The van der Waals surface area contributed by atoms with E-state index in [9.17, 15) is 14.7 Å². The number of rotatable bonds is 12. The van der Waals surface area contributed by atoms with Crippen molar-refractivity contribution in [3.63, 3.8) is 0 Å². The van der Waals surface area contributed by atoms with Gasteiger partial charge in [-0.2, -0.15) is 0 Å². The third-order valence-electron chi connectivity index (χ3n) is 7.66. The number of aliphatic carboxylic acids is 1. The molecule has 1 aliphatic rings. The van der Waals surface area contributed by atoms with E-state index in [4.69, 9.17) is 4.43 Å². The first-order valence-electron chi connectivity index (χ1n) is 14.0. The molecule has 0 aromatic heterocycles. The minimum atomic E-state index is -2.66. The van der Waals surface area contributed by atoms with Gasteiger partial charge in [0, 0.05) is 18.4 Å². The summed E-state index contributed by atoms with van der Waals surface area (Å²) in [4.78, 5) is 24.4. The Hall–Kier alpha value is -2.68. The predicted molar refractivity (Wildman–Crippen MR) is 157 cm³/mol. The third-order valence-corrected chi connectivity index (χ3v) is 12.7. The lowest BCUT2D eigenvalue weighted by Crippen LogP contribution is -2.66. The van der Waals surface area contributed by atoms with Crippen molar-refractivity contribution in [3.05, 3.63) is 60.7 Å². The van der Waals surface area contributed by atoms with Crippen LogP contribution in [0.1, 0.15) is 73.1 Å². The summed E-state index contributed by atoms with van der Waals surface area (Å²) >= 11 is 0. The van der Waals surface area contributed by atoms with Gasteiger partial charge in [-0.3, -0.25) is 9.59 Å². The highest BCUT2D eigenvalue weighted by Gasteiger charge is 2.50. The van der Waals surface area contributed by atoms with Crippen LogP contribution in [-0.4, -0.2) is 31.8 Å². The third kappa shape index (κ3) is 7.68. The van der Waals surface area contributed by atoms with Gasteiger partial charge in [0.05, 0.1) is 6.42 Å². The molecule has 0 bridgehead atoms. The summed E-state index contributed by atoms with van der Waals surface area (Å²) < 4.78 is 6.91. The molecule has 38 heavy (non-hydrogen) atoms. The zero-order valence-electron chi connectivity index (χ0n) is 23.7. The van der Waals surface area contributed by atoms with Crippen LogP contribution in [0, 0.1) is 35.5 Å². The van der Waals surface area contributed by atoms with E-state index in [0.717, 1.165) is 12.8 Å². The van der Waals surface area contributed by atoms with Gasteiger partial charge in [-0.1, -0.05) is 101 Å². The van der Waals surface area contributed by atoms with E-state index in [1.807, 2.05) is 12.1 Å². The topological polar surface area (TPSA) is 63.6 Å². The van der Waals surface area contributed by atoms with Gasteiger partial charge in [0.25, 0.3) is 8.32 Å². The number of carboxylic acid groups (broad SMARTS) is 1. The molecule has 5 heteroatoms. The Morgan fingerprint density at radius 3 is 2.03 bits per heavy atom. The minimum absolute atomic E-state index is 0.131. The lowest BCUT2D eigenvalue weighted by Gasteiger charge is -2.43. The Kier molecular flexibility index (Phi) is 10.5. The Bertz CT molecular complexity index is 1060. The summed E-state index contributed by atoms with van der Waals surface area (Å²) in [5, 5.41) is 11.7. The molecule has 0 spiro atoms. The fourth-order valence-corrected chi connectivity index (χ4v) is 10.4. The molecule has 0 amide bonds. The van der Waals surface area contributed by atoms with Crippen molar-refractivity contribution in [2.24, 2.45) is 23.7 Å². The predicted octanol–water partition coefficient (Wildman–Crippen LogP) is 6.08. The molecule has 2 aromatic rings. The molecule has 0 aliphatic heterocycles. The SMILES string of the molecule is CC(C)CC1CC(C#CC(=O)[C@@H](CCCO[Si](c2ccccc2)(c2ccccc2)C(C)(C)C)CC(=O)O)C1. The number of carbonyl (C=O) groups excluding carboxylic acids is 1. The maximum Gasteiger partial charge on any atom is 0.304 e. The summed E-state index contributed by atoms with van der Waals surface area (Å²) in [5.41, 5.74) is 0. The van der Waals surface area contributed by atoms with E-state index in [1.165, 1.54) is 16.8 Å². The van der Waals surface area contributed by atoms with E-state index in [2.05, 4.69) is 95.0 Å². The largest absolute Gasteiger partial charge is 0.481 e. The Morgan fingerprint density at radius 1 is 1.00 bits per heavy atom. The molecule has 4 nitrogen and oxygen atoms in total. The fraction of sp³-hybridized carbons (Fsp3) is 0.515. The van der Waals surface area contributed by atoms with Gasteiger partial charge in [-0.05, 0) is 65.3 Å². The number of benzene rings is 2. The maximum absolute atomic E-state index is 12.9. The zero-order valence-corrected chi connectivity index (χ0v) is 24.7. The van der Waals surface area contributed by atoms with Gasteiger partial charge in [0.15, 0.2) is 0 Å². The highest BCUT2D eigenvalue weighted by molar-refractivity contribution is 6.99. The van der Waals surface area contributed by atoms with Crippen molar-refractivity contribution in [1.82, 2.24) is 0 Å². The summed E-state index contributed by atoms with van der Waals surface area (Å²) in [5.74, 6) is 5.80. The minimum Gasteiger partial charge on any atom is -0.481 e. The molecule has 1 fully saturated rings. The molecule has 1 aliphatic carbocycles. The monoisotopic (exact) mass is 532 g/mol. The van der Waals surface area contributed by atoms with Crippen LogP contribution in [-0.2, 0) is 14.0 Å². The second kappa shape index (κ2) is 13.4. The van der Waals surface area contributed by atoms with Gasteiger partial charge in [-0.15, -0.1) is 0 Å². The zero-order chi connectivity index (χ0) is 27.8. The van der Waals surface area contributed by atoms with Gasteiger partial charge >= 0.3 is 5.97 Å². The average Bonchev–Trinajstić information content (AvgIpc) is 2.84. The van der Waals surface area contributed by atoms with Crippen LogP contribution in [0.2, 0.25) is 5.04 Å². The molecule has 1 saturated carbocycles. The smallest absolute Gasteiger partial charge is 0.304 e. The van der Waals surface area contributed by atoms with E-state index < -0.39 is 20.2 Å². The van der Waals surface area contributed by atoms with Crippen LogP contribution in [0.15, 0.2) is 60.7 Å². The van der Waals surface area contributed by atoms with Crippen molar-refractivity contribution in [3.8, 4) is 11.8 Å². The highest BCUT2D eigenvalue weighted by Crippen LogP contribution is 2.38. The van der Waals surface area contributed by atoms with Crippen molar-refractivity contribution in [1.29, 1.82) is 0 Å². The number of carboxylic acids is 1. The van der Waals surface area contributed by atoms with Crippen LogP contribution < -0.4 is 10.4 Å². The van der Waals surface area contributed by atoms with Crippen molar-refractivity contribution in [2.45, 2.75) is 78.2 Å². The van der Waals surface area contributed by atoms with E-state index >= 15 is 0 Å². The summed E-state index contributed by atoms with van der Waals surface area (Å²) in [6, 6.07) is 20.9. The molecule has 3 rings (SSSR count). The van der Waals surface area contributed by atoms with Crippen LogP contribution >= 0.6 is 0 Å². The lowest BCUT2D eigenvalue weighted by molar-refractivity contribution is -0.140. The van der Waals surface area contributed by atoms with Crippen LogP contribution in [0.5, 0.6) is 0 Å². The molecular formula is C33H44O4Si. The van der Waals surface area contributed by atoms with Crippen LogP contribution in [0.3, 0.4) is 0 Å². The van der Waals surface area contributed by atoms with Gasteiger partial charge in [-0.25, -0.2) is 0 Å². The standard InChI is InChI=1S/C33H44O4Si/c1-25(2)21-27-22-26(23-27)18-19-31(34)28(24-32(35)36)13-12-20-37-38(33(3,4)5,29-14-8-6-9-15-29)30-16-10-7-11-17-30/h6-11,14-17,25-28H,12-13,20-24H2,1-5H3,(H,35,36)/t26?,27?,28-/m0/s1. The summed E-state index contributed by atoms with van der Waals surface area (Å²) in [6.45, 7) is 11.6. The number of Topliss-reactive ketones (excluding diaryl/α,β-unsaturated/α-hetero) is 1. The molecular weight excluding hydrogens is 488 g/mol. The molecule has 1 atom stereocenters. The molecule has 0 saturated heterocycles. The number of hydrogen-bond acceptors (Lipinski definition) is 3. The summed E-state index contributed by atoms with van der Waals surface area (Å²) in [6.07, 6.45) is 4.18. The molecule has 204 valence electrons. The molecule has 0 radical (unpaired) electrons. The fourth-order valence-electron chi connectivity index (χ4n) is 5.84. The Labute approximate surface area is 230 Å². The molecule has 1 N–H and O–H groups in total. The van der Waals surface area contributed by atoms with Gasteiger partial charge in [0.1, 0.15) is 0 Å². The van der Waals surface area contributed by atoms with Crippen LogP contribution in [0.4, 0.5) is 0 Å². The van der Waals surface area contributed by atoms with Crippen molar-refractivity contribution in [2.75, 3.05) is 6.61 Å². The first kappa shape index (κ1) is 29.9. The molecule has 0 heterocycles. The Balaban J connectivity index is 1.69. The second-order valence-corrected chi connectivity index (χ2v) is 16.6. The maximum atomic E-state index is 12.9. The van der Waals surface area contributed by atoms with Gasteiger partial charge in [0.2, 0.25) is 5.78 Å². The first-order chi connectivity index (χ1) is 18.0. The number of carbonyl (C=O) groups is 2. The highest BCUT2D eigenvalue weighted by atomic mass is 28.4. The number of ketones is 1. The number of hydrogen-bond donors (Lipinski definition) is 1. The first-order valence-corrected chi connectivity index (χ1v) is 16.0. The van der Waals surface area contributed by atoms with E-state index in [0.29, 0.717) is 31.3 Å². The summed E-state index contributed by atoms with van der Waals surface area (Å²) in [7, 11) is -2.66. The average molecular weight is 533 g/mol.